The second kappa shape index (κ2) is 9.60. The van der Waals surface area contributed by atoms with Gasteiger partial charge in [-0.25, -0.2) is 4.98 Å². The average Bonchev–Trinajstić information content (AvgIpc) is 3.85. The first kappa shape index (κ1) is 24.2. The van der Waals surface area contributed by atoms with Crippen molar-refractivity contribution in [1.29, 1.82) is 0 Å². The molecular formula is C32H31N3O3. The highest BCUT2D eigenvalue weighted by Gasteiger charge is 2.36. The van der Waals surface area contributed by atoms with Crippen molar-refractivity contribution in [2.45, 2.75) is 46.0 Å². The summed E-state index contributed by atoms with van der Waals surface area (Å²) in [7, 11) is 0. The molecule has 0 radical (unpaired) electrons. The highest BCUT2D eigenvalue weighted by Crippen LogP contribution is 2.48. The zero-order chi connectivity index (χ0) is 26.4. The maximum absolute atomic E-state index is 13.1. The minimum absolute atomic E-state index is 0.108. The van der Waals surface area contributed by atoms with Gasteiger partial charge in [-0.15, -0.1) is 0 Å². The lowest BCUT2D eigenvalue weighted by atomic mass is 10.0. The Morgan fingerprint density at radius 3 is 2.53 bits per heavy atom. The van der Waals surface area contributed by atoms with Crippen LogP contribution in [0.25, 0.3) is 11.2 Å². The molecule has 6 nitrogen and oxygen atoms in total. The number of rotatable bonds is 8. The number of hydrogen-bond acceptors (Lipinski definition) is 4. The number of fused-ring (bicyclic) bond motifs is 1. The molecule has 0 bridgehead atoms. The number of pyridine rings is 1. The Morgan fingerprint density at radius 1 is 0.974 bits per heavy atom. The lowest BCUT2D eigenvalue weighted by molar-refractivity contribution is -0.116. The molecule has 2 aliphatic carbocycles. The van der Waals surface area contributed by atoms with Crippen LogP contribution in [-0.4, -0.2) is 21.1 Å². The van der Waals surface area contributed by atoms with Gasteiger partial charge < -0.3 is 14.5 Å². The van der Waals surface area contributed by atoms with Crippen LogP contribution in [0.5, 0.6) is 11.5 Å². The number of aromatic nitrogens is 2. The molecule has 0 aliphatic heterocycles. The van der Waals surface area contributed by atoms with Gasteiger partial charge in [-0.05, 0) is 92.0 Å². The van der Waals surface area contributed by atoms with Gasteiger partial charge in [0.2, 0.25) is 0 Å². The standard InChI is InChI=1S/C32H31N3O3/c1-19-15-28(19)26-9-4-5-10-27(26)32(37)33-23-7-6-8-24(16-23)38-25-13-14-30-34-29(18-35(30)17-25)20(2)21(3)31(36)22-11-12-22/h4-10,13-14,16-19,22,28H,11-12,15H2,1-3H3,(H,33,37)/t19-,28?/m0/s1. The first-order valence-electron chi connectivity index (χ1n) is 13.3. The third kappa shape index (κ3) is 4.86. The number of ketones is 1. The van der Waals surface area contributed by atoms with Gasteiger partial charge in [-0.1, -0.05) is 31.2 Å². The van der Waals surface area contributed by atoms with Crippen molar-refractivity contribution >= 4 is 28.6 Å². The SMILES string of the molecule is CC(C(=O)C1CC1)=C(C)c1cn2cc(Oc3cccc(NC(=O)c4ccccc4C4C[C@@H]4C)c3)ccc2n1. The van der Waals surface area contributed by atoms with E-state index in [2.05, 4.69) is 18.3 Å². The Morgan fingerprint density at radius 2 is 1.76 bits per heavy atom. The fraction of sp³-hybridized carbons (Fsp3) is 0.281. The number of anilines is 1. The minimum Gasteiger partial charge on any atom is -0.456 e. The second-order valence-corrected chi connectivity index (χ2v) is 10.6. The predicted octanol–water partition coefficient (Wildman–Crippen LogP) is 7.27. The summed E-state index contributed by atoms with van der Waals surface area (Å²) in [6.07, 6.45) is 6.91. The smallest absolute Gasteiger partial charge is 0.255 e. The summed E-state index contributed by atoms with van der Waals surface area (Å²) in [4.78, 5) is 30.3. The third-order valence-electron chi connectivity index (χ3n) is 7.73. The maximum atomic E-state index is 13.1. The number of amides is 1. The lowest BCUT2D eigenvalue weighted by Crippen LogP contribution is -2.14. The van der Waals surface area contributed by atoms with Gasteiger partial charge in [0.05, 0.1) is 11.9 Å². The molecule has 2 aromatic heterocycles. The van der Waals surface area contributed by atoms with E-state index in [-0.39, 0.29) is 17.6 Å². The average molecular weight is 506 g/mol. The number of carbonyl (C=O) groups excluding carboxylic acids is 2. The summed E-state index contributed by atoms with van der Waals surface area (Å²) in [6.45, 7) is 6.07. The van der Waals surface area contributed by atoms with E-state index in [1.807, 2.05) is 85.2 Å². The van der Waals surface area contributed by atoms with E-state index >= 15 is 0 Å². The molecule has 0 saturated heterocycles. The van der Waals surface area contributed by atoms with Crippen LogP contribution in [0, 0.1) is 11.8 Å². The Kier molecular flexibility index (Phi) is 6.10. The fourth-order valence-corrected chi connectivity index (χ4v) is 5.00. The lowest BCUT2D eigenvalue weighted by Gasteiger charge is -2.11. The monoisotopic (exact) mass is 505 g/mol. The molecule has 6 rings (SSSR count). The van der Waals surface area contributed by atoms with Gasteiger partial charge in [0.25, 0.3) is 5.91 Å². The van der Waals surface area contributed by atoms with Crippen molar-refractivity contribution in [2.75, 3.05) is 5.32 Å². The van der Waals surface area contributed by atoms with Crippen LogP contribution in [0.2, 0.25) is 0 Å². The van der Waals surface area contributed by atoms with Crippen molar-refractivity contribution in [2.24, 2.45) is 11.8 Å². The Balaban J connectivity index is 1.18. The van der Waals surface area contributed by atoms with Crippen LogP contribution in [0.15, 0.2) is 78.6 Å². The second-order valence-electron chi connectivity index (χ2n) is 10.6. The molecule has 4 aromatic rings. The predicted molar refractivity (Wildman–Crippen MR) is 149 cm³/mol. The number of carbonyl (C=O) groups is 2. The number of imidazole rings is 1. The maximum Gasteiger partial charge on any atom is 0.255 e. The van der Waals surface area contributed by atoms with E-state index in [9.17, 15) is 9.59 Å². The zero-order valence-corrected chi connectivity index (χ0v) is 21.9. The van der Waals surface area contributed by atoms with Gasteiger partial charge >= 0.3 is 0 Å². The Bertz CT molecular complexity index is 1590. The number of nitrogens with one attached hydrogen (secondary N) is 1. The molecule has 6 heteroatoms. The van der Waals surface area contributed by atoms with Crippen LogP contribution in [0.1, 0.15) is 67.6 Å². The van der Waals surface area contributed by atoms with E-state index in [0.717, 1.165) is 52.9 Å². The molecule has 2 aromatic carbocycles. The van der Waals surface area contributed by atoms with Crippen LogP contribution < -0.4 is 10.1 Å². The van der Waals surface area contributed by atoms with Gasteiger partial charge in [-0.3, -0.25) is 9.59 Å². The van der Waals surface area contributed by atoms with Crippen molar-refractivity contribution in [3.05, 3.63) is 95.5 Å². The van der Waals surface area contributed by atoms with E-state index in [1.54, 1.807) is 0 Å². The van der Waals surface area contributed by atoms with E-state index < -0.39 is 0 Å². The van der Waals surface area contributed by atoms with Crippen molar-refractivity contribution in [1.82, 2.24) is 9.38 Å². The number of Topliss-reactive ketones (excluding diaryl/α,β-unsaturated/α-hetero) is 1. The summed E-state index contributed by atoms with van der Waals surface area (Å²) < 4.78 is 8.04. The zero-order valence-electron chi connectivity index (χ0n) is 21.9. The van der Waals surface area contributed by atoms with Crippen molar-refractivity contribution < 1.29 is 14.3 Å². The summed E-state index contributed by atoms with van der Waals surface area (Å²) >= 11 is 0. The first-order chi connectivity index (χ1) is 18.4. The normalized spacial score (nSPS) is 19.1. The Hall–Kier alpha value is -4.19. The number of allylic oxidation sites excluding steroid dienone is 2. The minimum atomic E-state index is -0.108. The van der Waals surface area contributed by atoms with E-state index in [1.165, 1.54) is 0 Å². The first-order valence-corrected chi connectivity index (χ1v) is 13.3. The third-order valence-corrected chi connectivity index (χ3v) is 7.73. The summed E-state index contributed by atoms with van der Waals surface area (Å²) in [5, 5.41) is 3.03. The topological polar surface area (TPSA) is 72.7 Å². The van der Waals surface area contributed by atoms with Gasteiger partial charge in [-0.2, -0.15) is 0 Å². The van der Waals surface area contributed by atoms with Gasteiger partial charge in [0.15, 0.2) is 5.78 Å². The molecule has 2 atom stereocenters. The van der Waals surface area contributed by atoms with E-state index in [0.29, 0.717) is 29.0 Å². The van der Waals surface area contributed by atoms with Crippen LogP contribution in [0.4, 0.5) is 5.69 Å². The molecule has 1 unspecified atom stereocenters. The van der Waals surface area contributed by atoms with Crippen molar-refractivity contribution in [3.63, 3.8) is 0 Å². The summed E-state index contributed by atoms with van der Waals surface area (Å²) in [5.41, 5.74) is 5.80. The van der Waals surface area contributed by atoms with E-state index in [4.69, 9.17) is 9.72 Å². The van der Waals surface area contributed by atoms with Gasteiger partial charge in [0.1, 0.15) is 17.1 Å². The molecule has 38 heavy (non-hydrogen) atoms. The van der Waals surface area contributed by atoms with Crippen molar-refractivity contribution in [3.8, 4) is 11.5 Å². The molecule has 0 spiro atoms. The number of hydrogen-bond donors (Lipinski definition) is 1. The quantitative estimate of drug-likeness (QED) is 0.256. The number of nitrogens with zero attached hydrogens (tertiary/aromatic N) is 2. The highest BCUT2D eigenvalue weighted by molar-refractivity contribution is 6.05. The van der Waals surface area contributed by atoms with Gasteiger partial charge in [0, 0.05) is 29.4 Å². The molecule has 1 amide bonds. The molecule has 192 valence electrons. The molecule has 2 aliphatic rings. The molecule has 2 saturated carbocycles. The largest absolute Gasteiger partial charge is 0.456 e. The highest BCUT2D eigenvalue weighted by atomic mass is 16.5. The number of benzene rings is 2. The molecule has 2 fully saturated rings. The summed E-state index contributed by atoms with van der Waals surface area (Å²) in [6, 6.07) is 19.0. The molecular weight excluding hydrogens is 474 g/mol. The van der Waals surface area contributed by atoms with Crippen LogP contribution >= 0.6 is 0 Å². The molecule has 1 N–H and O–H groups in total. The van der Waals surface area contributed by atoms with Crippen LogP contribution in [0.3, 0.4) is 0 Å². The number of ether oxygens (including phenoxy) is 1. The summed E-state index contributed by atoms with van der Waals surface area (Å²) in [5.74, 6) is 2.67. The van der Waals surface area contributed by atoms with Crippen LogP contribution in [-0.2, 0) is 4.79 Å². The fourth-order valence-electron chi connectivity index (χ4n) is 5.00. The molecule has 2 heterocycles. The Labute approximate surface area is 222 Å².